The number of aliphatic hydroxyl groups is 1. The van der Waals surface area contributed by atoms with Crippen LogP contribution >= 0.6 is 15.9 Å². The van der Waals surface area contributed by atoms with Gasteiger partial charge < -0.3 is 10.0 Å². The van der Waals surface area contributed by atoms with Crippen LogP contribution in [0.15, 0.2) is 22.7 Å². The Balaban J connectivity index is 1.98. The highest BCUT2D eigenvalue weighted by atomic mass is 79.9. The van der Waals surface area contributed by atoms with Gasteiger partial charge in [0.05, 0.1) is 11.7 Å². The summed E-state index contributed by atoms with van der Waals surface area (Å²) >= 11 is 3.18. The van der Waals surface area contributed by atoms with Crippen molar-refractivity contribution in [1.82, 2.24) is 9.80 Å². The molecule has 0 bridgehead atoms. The summed E-state index contributed by atoms with van der Waals surface area (Å²) in [7, 11) is 0. The van der Waals surface area contributed by atoms with Crippen molar-refractivity contribution in [3.8, 4) is 0 Å². The van der Waals surface area contributed by atoms with Gasteiger partial charge in [-0.3, -0.25) is 9.69 Å². The molecule has 1 aromatic carbocycles. The minimum atomic E-state index is -0.504. The van der Waals surface area contributed by atoms with Crippen molar-refractivity contribution in [1.29, 1.82) is 0 Å². The highest BCUT2D eigenvalue weighted by Gasteiger charge is 2.24. The molecule has 0 aromatic heterocycles. The van der Waals surface area contributed by atoms with Gasteiger partial charge in [0.1, 0.15) is 5.82 Å². The Hall–Kier alpha value is -0.980. The number of aliphatic hydroxyl groups excluding tert-OH is 1. The standard InChI is InChI=1S/C14H18BrFN2O2/c1-10(19)9-17-4-6-18(7-5-17)14(20)12-3-2-11(15)8-13(12)16/h2-3,8,10,19H,4-7,9H2,1H3/t10-/m0/s1. The Morgan fingerprint density at radius 3 is 2.60 bits per heavy atom. The lowest BCUT2D eigenvalue weighted by atomic mass is 10.1. The van der Waals surface area contributed by atoms with Crippen molar-refractivity contribution in [2.45, 2.75) is 13.0 Å². The summed E-state index contributed by atoms with van der Waals surface area (Å²) in [6.07, 6.45) is -0.374. The second kappa shape index (κ2) is 6.65. The average molecular weight is 345 g/mol. The first-order valence-electron chi connectivity index (χ1n) is 6.62. The molecule has 1 amide bonds. The Kier molecular flexibility index (Phi) is 5.12. The highest BCUT2D eigenvalue weighted by Crippen LogP contribution is 2.17. The average Bonchev–Trinajstić information content (AvgIpc) is 2.38. The van der Waals surface area contributed by atoms with E-state index in [0.717, 1.165) is 0 Å². The summed E-state index contributed by atoms with van der Waals surface area (Å²) in [6, 6.07) is 4.47. The number of benzene rings is 1. The van der Waals surface area contributed by atoms with Gasteiger partial charge in [-0.05, 0) is 25.1 Å². The Morgan fingerprint density at radius 2 is 2.05 bits per heavy atom. The van der Waals surface area contributed by atoms with Crippen molar-refractivity contribution < 1.29 is 14.3 Å². The minimum absolute atomic E-state index is 0.108. The van der Waals surface area contributed by atoms with Gasteiger partial charge >= 0.3 is 0 Å². The van der Waals surface area contributed by atoms with Gasteiger partial charge in [0.2, 0.25) is 0 Å². The number of rotatable bonds is 3. The molecule has 0 aliphatic carbocycles. The first-order chi connectivity index (χ1) is 9.47. The molecule has 1 aromatic rings. The topological polar surface area (TPSA) is 43.8 Å². The molecule has 2 rings (SSSR count). The van der Waals surface area contributed by atoms with Crippen molar-refractivity contribution in [2.75, 3.05) is 32.7 Å². The van der Waals surface area contributed by atoms with E-state index in [-0.39, 0.29) is 17.6 Å². The fourth-order valence-electron chi connectivity index (χ4n) is 2.34. The molecule has 1 aliphatic rings. The Morgan fingerprint density at radius 1 is 1.40 bits per heavy atom. The molecule has 1 fully saturated rings. The zero-order valence-corrected chi connectivity index (χ0v) is 12.9. The van der Waals surface area contributed by atoms with Crippen LogP contribution in [0.1, 0.15) is 17.3 Å². The predicted molar refractivity (Wildman–Crippen MR) is 78.1 cm³/mol. The molecule has 20 heavy (non-hydrogen) atoms. The molecule has 0 unspecified atom stereocenters. The maximum Gasteiger partial charge on any atom is 0.256 e. The van der Waals surface area contributed by atoms with Crippen LogP contribution in [0.4, 0.5) is 4.39 Å². The van der Waals surface area contributed by atoms with Crippen LogP contribution in [0.2, 0.25) is 0 Å². The van der Waals surface area contributed by atoms with Crippen LogP contribution in [0.25, 0.3) is 0 Å². The maximum absolute atomic E-state index is 13.8. The lowest BCUT2D eigenvalue weighted by Gasteiger charge is -2.35. The van der Waals surface area contributed by atoms with Crippen LogP contribution < -0.4 is 0 Å². The smallest absolute Gasteiger partial charge is 0.256 e. The monoisotopic (exact) mass is 344 g/mol. The van der Waals surface area contributed by atoms with E-state index >= 15 is 0 Å². The van der Waals surface area contributed by atoms with E-state index in [1.54, 1.807) is 17.9 Å². The van der Waals surface area contributed by atoms with Crippen molar-refractivity contribution in [2.24, 2.45) is 0 Å². The normalized spacial score (nSPS) is 18.1. The number of nitrogens with zero attached hydrogens (tertiary/aromatic N) is 2. The maximum atomic E-state index is 13.8. The summed E-state index contributed by atoms with van der Waals surface area (Å²) in [4.78, 5) is 16.0. The van der Waals surface area contributed by atoms with E-state index in [1.807, 2.05) is 0 Å². The molecule has 1 saturated heterocycles. The van der Waals surface area contributed by atoms with E-state index in [0.29, 0.717) is 37.2 Å². The van der Waals surface area contributed by atoms with Gasteiger partial charge in [-0.15, -0.1) is 0 Å². The van der Waals surface area contributed by atoms with Gasteiger partial charge in [0, 0.05) is 37.2 Å². The van der Waals surface area contributed by atoms with Crippen molar-refractivity contribution in [3.63, 3.8) is 0 Å². The third kappa shape index (κ3) is 3.77. The molecule has 1 atom stereocenters. The van der Waals surface area contributed by atoms with E-state index in [2.05, 4.69) is 20.8 Å². The second-order valence-electron chi connectivity index (χ2n) is 5.07. The molecule has 1 N–H and O–H groups in total. The summed E-state index contributed by atoms with van der Waals surface area (Å²) < 4.78 is 14.4. The van der Waals surface area contributed by atoms with Crippen LogP contribution in [-0.4, -0.2) is 59.6 Å². The molecule has 0 radical (unpaired) electrons. The van der Waals surface area contributed by atoms with Gasteiger partial charge in [-0.2, -0.15) is 0 Å². The predicted octanol–water partition coefficient (Wildman–Crippen LogP) is 1.73. The number of β-amino-alcohol motifs (C(OH)–C–C–N with tert-alkyl or cyclic N) is 1. The highest BCUT2D eigenvalue weighted by molar-refractivity contribution is 9.10. The van der Waals surface area contributed by atoms with E-state index < -0.39 is 5.82 Å². The van der Waals surface area contributed by atoms with Gasteiger partial charge in [0.25, 0.3) is 5.91 Å². The number of amides is 1. The van der Waals surface area contributed by atoms with Gasteiger partial charge in [0.15, 0.2) is 0 Å². The second-order valence-corrected chi connectivity index (χ2v) is 5.98. The minimum Gasteiger partial charge on any atom is -0.392 e. The fraction of sp³-hybridized carbons (Fsp3) is 0.500. The summed E-state index contributed by atoms with van der Waals surface area (Å²) in [5.74, 6) is -0.775. The van der Waals surface area contributed by atoms with Crippen LogP contribution in [0.5, 0.6) is 0 Å². The van der Waals surface area contributed by atoms with Crippen LogP contribution in [0.3, 0.4) is 0 Å². The largest absolute Gasteiger partial charge is 0.392 e. The third-order valence-corrected chi connectivity index (χ3v) is 3.84. The van der Waals surface area contributed by atoms with Gasteiger partial charge in [-0.1, -0.05) is 15.9 Å². The lowest BCUT2D eigenvalue weighted by molar-refractivity contribution is 0.0550. The first kappa shape index (κ1) is 15.4. The van der Waals surface area contributed by atoms with Gasteiger partial charge in [-0.25, -0.2) is 4.39 Å². The SMILES string of the molecule is C[C@H](O)CN1CCN(C(=O)c2ccc(Br)cc2F)CC1. The Bertz CT molecular complexity index is 488. The van der Waals surface area contributed by atoms with Crippen molar-refractivity contribution >= 4 is 21.8 Å². The molecule has 1 aliphatic heterocycles. The molecule has 0 spiro atoms. The number of carbonyl (C=O) groups excluding carboxylic acids is 1. The van der Waals surface area contributed by atoms with E-state index in [9.17, 15) is 14.3 Å². The number of hydrogen-bond acceptors (Lipinski definition) is 3. The van der Waals surface area contributed by atoms with E-state index in [4.69, 9.17) is 0 Å². The zero-order chi connectivity index (χ0) is 14.7. The van der Waals surface area contributed by atoms with Crippen molar-refractivity contribution in [3.05, 3.63) is 34.1 Å². The first-order valence-corrected chi connectivity index (χ1v) is 7.41. The Labute approximate surface area is 126 Å². The molecular weight excluding hydrogens is 327 g/mol. The molecule has 4 nitrogen and oxygen atoms in total. The zero-order valence-electron chi connectivity index (χ0n) is 11.4. The molecule has 0 saturated carbocycles. The van der Waals surface area contributed by atoms with Crippen LogP contribution in [-0.2, 0) is 0 Å². The third-order valence-electron chi connectivity index (χ3n) is 3.34. The number of piperazine rings is 1. The quantitative estimate of drug-likeness (QED) is 0.908. The number of carbonyl (C=O) groups is 1. The summed E-state index contributed by atoms with van der Waals surface area (Å²) in [6.45, 7) is 4.87. The van der Waals surface area contributed by atoms with Crippen LogP contribution in [0, 0.1) is 5.82 Å². The lowest BCUT2D eigenvalue weighted by Crippen LogP contribution is -2.50. The molecule has 6 heteroatoms. The number of halogens is 2. The number of hydrogen-bond donors (Lipinski definition) is 1. The fourth-order valence-corrected chi connectivity index (χ4v) is 2.67. The molecule has 110 valence electrons. The summed E-state index contributed by atoms with van der Waals surface area (Å²) in [5.41, 5.74) is 0.108. The van der Waals surface area contributed by atoms with E-state index in [1.165, 1.54) is 12.1 Å². The molecule has 1 heterocycles. The molecular formula is C14H18BrFN2O2. The summed E-state index contributed by atoms with van der Waals surface area (Å²) in [5, 5.41) is 9.34.